The molecule has 3 rings (SSSR count). The van der Waals surface area contributed by atoms with Gasteiger partial charge in [0.1, 0.15) is 30.8 Å². The van der Waals surface area contributed by atoms with Crippen molar-refractivity contribution in [2.45, 2.75) is 25.8 Å². The number of carbonyl (C=O) groups is 3. The minimum Gasteiger partial charge on any atom is -0.497 e. The zero-order chi connectivity index (χ0) is 19.4. The molecule has 3 atom stereocenters. The molecule has 1 aliphatic heterocycles. The second-order valence-corrected chi connectivity index (χ2v) is 6.57. The molecule has 1 fully saturated rings. The molecule has 2 aliphatic rings. The zero-order valence-electron chi connectivity index (χ0n) is 15.4. The lowest BCUT2D eigenvalue weighted by atomic mass is 9.85. The van der Waals surface area contributed by atoms with Gasteiger partial charge >= 0.3 is 5.97 Å². The molecular weight excluding hydrogens is 350 g/mol. The lowest BCUT2D eigenvalue weighted by Crippen LogP contribution is -2.44. The maximum absolute atomic E-state index is 12.5. The molecule has 7 nitrogen and oxygen atoms in total. The Morgan fingerprint density at radius 2 is 1.59 bits per heavy atom. The van der Waals surface area contributed by atoms with Gasteiger partial charge in [0.25, 0.3) is 0 Å². The Balaban J connectivity index is 1.47. The Labute approximate surface area is 157 Å². The summed E-state index contributed by atoms with van der Waals surface area (Å²) in [6.45, 7) is 1.72. The highest BCUT2D eigenvalue weighted by atomic mass is 16.6. The molecular formula is C20H23NO6. The Morgan fingerprint density at radius 1 is 1.04 bits per heavy atom. The molecule has 1 aliphatic carbocycles. The van der Waals surface area contributed by atoms with E-state index in [4.69, 9.17) is 14.2 Å². The number of ether oxygens (including phenoxy) is 3. The van der Waals surface area contributed by atoms with Crippen molar-refractivity contribution in [1.29, 1.82) is 0 Å². The Morgan fingerprint density at radius 3 is 2.15 bits per heavy atom. The summed E-state index contributed by atoms with van der Waals surface area (Å²) in [5.41, 5.74) is 0. The molecule has 1 heterocycles. The lowest BCUT2D eigenvalue weighted by molar-refractivity contribution is -0.158. The van der Waals surface area contributed by atoms with Crippen LogP contribution >= 0.6 is 0 Å². The van der Waals surface area contributed by atoms with E-state index in [0.717, 1.165) is 10.6 Å². The third-order valence-corrected chi connectivity index (χ3v) is 4.93. The molecule has 2 amide bonds. The van der Waals surface area contributed by atoms with Crippen molar-refractivity contribution in [3.8, 4) is 11.5 Å². The van der Waals surface area contributed by atoms with E-state index in [2.05, 4.69) is 0 Å². The molecule has 1 aromatic rings. The quantitative estimate of drug-likeness (QED) is 0.314. The number of nitrogens with zero attached hydrogens (tertiary/aromatic N) is 1. The van der Waals surface area contributed by atoms with Crippen LogP contribution in [-0.4, -0.2) is 49.0 Å². The highest BCUT2D eigenvalue weighted by Crippen LogP contribution is 2.36. The number of hydrogen-bond donors (Lipinski definition) is 0. The first-order chi connectivity index (χ1) is 13.0. The van der Waals surface area contributed by atoms with E-state index < -0.39 is 12.0 Å². The molecule has 7 heteroatoms. The first-order valence-electron chi connectivity index (χ1n) is 8.98. The molecule has 144 valence electrons. The number of amides is 2. The SMILES string of the molecule is COc1ccc(OCCOC(=O)[C@@H](C)N2C(=O)[C@H]3CC=CC[C@@H]3C2=O)cc1. The zero-order valence-corrected chi connectivity index (χ0v) is 15.4. The number of carbonyl (C=O) groups excluding carboxylic acids is 3. The van der Waals surface area contributed by atoms with Crippen LogP contribution in [0.4, 0.5) is 0 Å². The smallest absolute Gasteiger partial charge is 0.329 e. The number of hydrogen-bond acceptors (Lipinski definition) is 6. The molecule has 0 saturated carbocycles. The third-order valence-electron chi connectivity index (χ3n) is 4.93. The van der Waals surface area contributed by atoms with Crippen LogP contribution in [0.15, 0.2) is 36.4 Å². The Hall–Kier alpha value is -2.83. The first-order valence-corrected chi connectivity index (χ1v) is 8.98. The summed E-state index contributed by atoms with van der Waals surface area (Å²) >= 11 is 0. The number of rotatable bonds is 7. The van der Waals surface area contributed by atoms with Crippen LogP contribution in [-0.2, 0) is 19.1 Å². The molecule has 1 saturated heterocycles. The Bertz CT molecular complexity index is 715. The normalized spacial score (nSPS) is 22.4. The van der Waals surface area contributed by atoms with Crippen molar-refractivity contribution in [2.24, 2.45) is 11.8 Å². The van der Waals surface area contributed by atoms with Crippen molar-refractivity contribution < 1.29 is 28.6 Å². The molecule has 27 heavy (non-hydrogen) atoms. The van der Waals surface area contributed by atoms with E-state index in [-0.39, 0.29) is 36.9 Å². The van der Waals surface area contributed by atoms with Crippen LogP contribution in [0.2, 0.25) is 0 Å². The maximum Gasteiger partial charge on any atom is 0.329 e. The fraction of sp³-hybridized carbons (Fsp3) is 0.450. The summed E-state index contributed by atoms with van der Waals surface area (Å²) < 4.78 is 15.7. The van der Waals surface area contributed by atoms with Crippen LogP contribution in [0, 0.1) is 11.8 Å². The summed E-state index contributed by atoms with van der Waals surface area (Å²) in [5, 5.41) is 0. The van der Waals surface area contributed by atoms with Crippen molar-refractivity contribution in [3.05, 3.63) is 36.4 Å². The summed E-state index contributed by atoms with van der Waals surface area (Å²) in [4.78, 5) is 38.3. The topological polar surface area (TPSA) is 82.1 Å². The Kier molecular flexibility index (Phi) is 5.78. The predicted octanol–water partition coefficient (Wildman–Crippen LogP) is 1.96. The van der Waals surface area contributed by atoms with Gasteiger partial charge < -0.3 is 14.2 Å². The maximum atomic E-state index is 12.5. The van der Waals surface area contributed by atoms with E-state index in [0.29, 0.717) is 18.6 Å². The number of imide groups is 1. The number of likely N-dealkylation sites (tertiary alicyclic amines) is 1. The second kappa shape index (κ2) is 8.24. The summed E-state index contributed by atoms with van der Waals surface area (Å²) in [6.07, 6.45) is 4.91. The molecule has 0 N–H and O–H groups in total. The van der Waals surface area contributed by atoms with E-state index in [1.54, 1.807) is 31.4 Å². The largest absolute Gasteiger partial charge is 0.497 e. The molecule has 0 spiro atoms. The van der Waals surface area contributed by atoms with Gasteiger partial charge in [-0.3, -0.25) is 14.5 Å². The van der Waals surface area contributed by atoms with Crippen molar-refractivity contribution in [1.82, 2.24) is 4.90 Å². The number of esters is 1. The third kappa shape index (κ3) is 3.97. The van der Waals surface area contributed by atoms with Gasteiger partial charge in [-0.2, -0.15) is 0 Å². The summed E-state index contributed by atoms with van der Waals surface area (Å²) in [5.74, 6) is -0.532. The highest BCUT2D eigenvalue weighted by Gasteiger charge is 2.50. The van der Waals surface area contributed by atoms with Gasteiger partial charge in [0.2, 0.25) is 11.8 Å². The van der Waals surface area contributed by atoms with Crippen LogP contribution in [0.25, 0.3) is 0 Å². The van der Waals surface area contributed by atoms with Crippen molar-refractivity contribution >= 4 is 17.8 Å². The van der Waals surface area contributed by atoms with Gasteiger partial charge in [0, 0.05) is 0 Å². The first kappa shape index (κ1) is 18.9. The second-order valence-electron chi connectivity index (χ2n) is 6.57. The van der Waals surface area contributed by atoms with Gasteiger partial charge in [0.15, 0.2) is 0 Å². The summed E-state index contributed by atoms with van der Waals surface area (Å²) in [6, 6.07) is 6.10. The number of allylic oxidation sites excluding steroid dienone is 2. The van der Waals surface area contributed by atoms with Gasteiger partial charge in [-0.05, 0) is 44.0 Å². The van der Waals surface area contributed by atoms with Gasteiger partial charge in [-0.1, -0.05) is 12.2 Å². The highest BCUT2D eigenvalue weighted by molar-refractivity contribution is 6.08. The fourth-order valence-electron chi connectivity index (χ4n) is 3.41. The van der Waals surface area contributed by atoms with Crippen LogP contribution in [0.5, 0.6) is 11.5 Å². The van der Waals surface area contributed by atoms with E-state index in [9.17, 15) is 14.4 Å². The lowest BCUT2D eigenvalue weighted by Gasteiger charge is -2.21. The fourth-order valence-corrected chi connectivity index (χ4v) is 3.41. The molecule has 0 bridgehead atoms. The minimum absolute atomic E-state index is 0.0276. The predicted molar refractivity (Wildman–Crippen MR) is 96.1 cm³/mol. The van der Waals surface area contributed by atoms with E-state index >= 15 is 0 Å². The molecule has 0 aromatic heterocycles. The van der Waals surface area contributed by atoms with Crippen LogP contribution in [0.1, 0.15) is 19.8 Å². The number of fused-ring (bicyclic) bond motifs is 1. The molecule has 0 radical (unpaired) electrons. The number of benzene rings is 1. The van der Waals surface area contributed by atoms with Gasteiger partial charge in [0.05, 0.1) is 18.9 Å². The number of methoxy groups -OCH3 is 1. The monoisotopic (exact) mass is 373 g/mol. The van der Waals surface area contributed by atoms with Crippen molar-refractivity contribution in [2.75, 3.05) is 20.3 Å². The van der Waals surface area contributed by atoms with Crippen LogP contribution in [0.3, 0.4) is 0 Å². The molecule has 1 aromatic carbocycles. The average molecular weight is 373 g/mol. The standard InChI is InChI=1S/C20H23NO6/c1-13(21-18(22)16-5-3-4-6-17(16)19(21)23)20(24)27-12-11-26-15-9-7-14(25-2)8-10-15/h3-4,7-10,13,16-17H,5-6,11-12H2,1-2H3/t13-,16+,17+/m1/s1. The summed E-state index contributed by atoms with van der Waals surface area (Å²) in [7, 11) is 1.58. The molecule has 0 unspecified atom stereocenters. The average Bonchev–Trinajstić information content (AvgIpc) is 2.95. The minimum atomic E-state index is -0.934. The van der Waals surface area contributed by atoms with E-state index in [1.165, 1.54) is 6.92 Å². The van der Waals surface area contributed by atoms with Crippen LogP contribution < -0.4 is 9.47 Å². The van der Waals surface area contributed by atoms with Gasteiger partial charge in [-0.15, -0.1) is 0 Å². The van der Waals surface area contributed by atoms with Crippen molar-refractivity contribution in [3.63, 3.8) is 0 Å². The van der Waals surface area contributed by atoms with E-state index in [1.807, 2.05) is 12.2 Å². The van der Waals surface area contributed by atoms with Gasteiger partial charge in [-0.25, -0.2) is 4.79 Å².